The zero-order valence-electron chi connectivity index (χ0n) is 37.2. The summed E-state index contributed by atoms with van der Waals surface area (Å²) in [5.74, 6) is -15.5. The van der Waals surface area contributed by atoms with Crippen molar-refractivity contribution in [2.75, 3.05) is 14.2 Å². The lowest BCUT2D eigenvalue weighted by Gasteiger charge is -2.26. The third kappa shape index (κ3) is 9.42. The number of rotatable bonds is 14. The van der Waals surface area contributed by atoms with Gasteiger partial charge in [-0.1, -0.05) is 158 Å². The molecule has 69 heavy (non-hydrogen) atoms. The van der Waals surface area contributed by atoms with Crippen molar-refractivity contribution >= 4 is 58.1 Å². The molecule has 0 saturated heterocycles. The van der Waals surface area contributed by atoms with Gasteiger partial charge in [-0.05, 0) is 105 Å². The van der Waals surface area contributed by atoms with Crippen LogP contribution in [0, 0.1) is 0 Å². The summed E-state index contributed by atoms with van der Waals surface area (Å²) in [7, 11) is 2.94. The van der Waals surface area contributed by atoms with E-state index in [0.29, 0.717) is 43.5 Å². The van der Waals surface area contributed by atoms with Gasteiger partial charge in [0.25, 0.3) is 0 Å². The molecular weight excluding hydrogens is 919 g/mol. The van der Waals surface area contributed by atoms with Crippen LogP contribution in [0.2, 0.25) is 0 Å². The summed E-state index contributed by atoms with van der Waals surface area (Å²) in [6.45, 7) is 0. The van der Waals surface area contributed by atoms with E-state index >= 15 is 26.3 Å². The molecule has 10 heteroatoms. The van der Waals surface area contributed by atoms with Gasteiger partial charge in [-0.15, -0.1) is 22.7 Å². The predicted octanol–water partition coefficient (Wildman–Crippen LogP) is 17.8. The van der Waals surface area contributed by atoms with Gasteiger partial charge in [0.1, 0.15) is 11.5 Å². The summed E-state index contributed by atoms with van der Waals surface area (Å²) >= 11 is 2.11. The van der Waals surface area contributed by atoms with Crippen LogP contribution in [0.1, 0.15) is 33.4 Å². The van der Waals surface area contributed by atoms with Gasteiger partial charge in [0.05, 0.1) is 14.2 Å². The lowest BCUT2D eigenvalue weighted by atomic mass is 9.91. The molecule has 344 valence electrons. The van der Waals surface area contributed by atoms with Crippen molar-refractivity contribution in [1.82, 2.24) is 0 Å². The second-order valence-electron chi connectivity index (χ2n) is 16.1. The molecule has 0 N–H and O–H groups in total. The van der Waals surface area contributed by atoms with Gasteiger partial charge >= 0.3 is 17.8 Å². The largest absolute Gasteiger partial charge is 0.497 e. The molecule has 2 aromatic heterocycles. The lowest BCUT2D eigenvalue weighted by molar-refractivity contribution is -0.254. The maximum Gasteiger partial charge on any atom is 0.380 e. The Morgan fingerprint density at radius 2 is 0.681 bits per heavy atom. The highest BCUT2D eigenvalue weighted by molar-refractivity contribution is 7.19. The molecule has 9 rings (SSSR count). The lowest BCUT2D eigenvalue weighted by Crippen LogP contribution is -2.48. The van der Waals surface area contributed by atoms with E-state index < -0.39 is 40.0 Å². The minimum absolute atomic E-state index is 0.118. The van der Waals surface area contributed by atoms with E-state index in [1.54, 1.807) is 72.8 Å². The number of allylic oxidation sites excluding steroid dienone is 6. The van der Waals surface area contributed by atoms with Gasteiger partial charge in [-0.25, -0.2) is 0 Å². The predicted molar refractivity (Wildman–Crippen MR) is 274 cm³/mol. The molecule has 0 saturated carbocycles. The molecule has 0 atom stereocenters. The molecule has 8 aromatic rings. The molecule has 1 aliphatic rings. The average Bonchev–Trinajstić information content (AvgIpc) is 4.04. The zero-order valence-corrected chi connectivity index (χ0v) is 38.8. The van der Waals surface area contributed by atoms with Crippen LogP contribution in [0.3, 0.4) is 0 Å². The SMILES string of the molecule is COc1ccc(-c2sc(-c3ccc(/C=C/C=C/c4ccccc4)cc3)cc2C2=C(c3cc(-c4ccc(/C=C/C=C/c5ccccc5)cc4)sc3-c3ccc(OC)cc3)C(F)(F)C(F)(F)C2(F)F)cc1. The van der Waals surface area contributed by atoms with Gasteiger partial charge in [0.15, 0.2) is 0 Å². The molecule has 2 nitrogen and oxygen atoms in total. The minimum Gasteiger partial charge on any atom is -0.497 e. The number of alkyl halides is 6. The summed E-state index contributed by atoms with van der Waals surface area (Å²) in [6.07, 6.45) is 15.3. The Bertz CT molecular complexity index is 3000. The zero-order chi connectivity index (χ0) is 48.2. The Labute approximate surface area is 404 Å². The van der Waals surface area contributed by atoms with Gasteiger partial charge in [-0.3, -0.25) is 0 Å². The van der Waals surface area contributed by atoms with Crippen molar-refractivity contribution in [2.45, 2.75) is 17.8 Å². The van der Waals surface area contributed by atoms with Crippen LogP contribution in [-0.2, 0) is 0 Å². The van der Waals surface area contributed by atoms with Crippen LogP contribution in [0.25, 0.3) is 77.2 Å². The van der Waals surface area contributed by atoms with E-state index in [0.717, 1.165) is 44.9 Å². The van der Waals surface area contributed by atoms with Crippen LogP contribution in [0.4, 0.5) is 26.3 Å². The standard InChI is InChI=1S/C59H42F6O2S2/c1-66-47-33-29-45(30-34-47)55-49(37-51(68-55)43-25-21-41(22-26-43)19-11-9-17-39-13-5-3-6-14-39)53-54(58(62,63)59(64,65)57(53,60)61)50-38-52(69-56(50)46-31-35-48(67-2)36-32-46)44-27-23-42(24-28-44)20-12-10-18-40-15-7-4-8-16-40/h3-38H,1-2H3/b17-9+,18-10+,19-11+,20-12+. The van der Waals surface area contributed by atoms with Crippen LogP contribution < -0.4 is 9.47 Å². The molecule has 0 fully saturated rings. The molecule has 0 unspecified atom stereocenters. The molecule has 0 aliphatic heterocycles. The van der Waals surface area contributed by atoms with E-state index in [1.165, 1.54) is 26.4 Å². The van der Waals surface area contributed by atoms with Crippen LogP contribution in [0.5, 0.6) is 11.5 Å². The highest BCUT2D eigenvalue weighted by Crippen LogP contribution is 2.67. The number of hydrogen-bond donors (Lipinski definition) is 0. The monoisotopic (exact) mass is 960 g/mol. The van der Waals surface area contributed by atoms with Crippen molar-refractivity contribution in [1.29, 1.82) is 0 Å². The summed E-state index contributed by atoms with van der Waals surface area (Å²) in [5.41, 5.74) is 1.96. The molecule has 0 bridgehead atoms. The quantitative estimate of drug-likeness (QED) is 0.0799. The first kappa shape index (κ1) is 46.7. The van der Waals surface area contributed by atoms with Crippen molar-refractivity contribution < 1.29 is 35.8 Å². The van der Waals surface area contributed by atoms with Crippen molar-refractivity contribution in [2.24, 2.45) is 0 Å². The molecule has 6 aromatic carbocycles. The first-order valence-electron chi connectivity index (χ1n) is 21.8. The number of thiophene rings is 2. The van der Waals surface area contributed by atoms with E-state index in [4.69, 9.17) is 9.47 Å². The maximum absolute atomic E-state index is 16.9. The first-order chi connectivity index (χ1) is 33.4. The number of benzene rings is 6. The van der Waals surface area contributed by atoms with E-state index in [-0.39, 0.29) is 9.75 Å². The summed E-state index contributed by atoms with van der Waals surface area (Å²) in [6, 6.07) is 49.6. The van der Waals surface area contributed by atoms with Crippen LogP contribution >= 0.6 is 22.7 Å². The Kier molecular flexibility index (Phi) is 13.3. The Morgan fingerprint density at radius 3 is 1.00 bits per heavy atom. The summed E-state index contributed by atoms with van der Waals surface area (Å²) in [4.78, 5) is 1.07. The molecule has 0 radical (unpaired) electrons. The van der Waals surface area contributed by atoms with Gasteiger partial charge in [0.2, 0.25) is 0 Å². The Balaban J connectivity index is 1.18. The summed E-state index contributed by atoms with van der Waals surface area (Å²) in [5, 5.41) is 0. The van der Waals surface area contributed by atoms with Crippen molar-refractivity contribution in [3.8, 4) is 53.3 Å². The molecular formula is C59H42F6O2S2. The topological polar surface area (TPSA) is 18.5 Å². The van der Waals surface area contributed by atoms with Crippen molar-refractivity contribution in [3.63, 3.8) is 0 Å². The third-order valence-electron chi connectivity index (χ3n) is 11.7. The fraction of sp³-hybridized carbons (Fsp3) is 0.0847. The van der Waals surface area contributed by atoms with E-state index in [2.05, 4.69) is 0 Å². The highest BCUT2D eigenvalue weighted by Gasteiger charge is 2.80. The molecule has 2 heterocycles. The summed E-state index contributed by atoms with van der Waals surface area (Å²) < 4.78 is 111. The third-order valence-corrected chi connectivity index (χ3v) is 14.2. The van der Waals surface area contributed by atoms with Gasteiger partial charge in [0, 0.05) is 41.8 Å². The number of ether oxygens (including phenoxy) is 2. The molecule has 1 aliphatic carbocycles. The van der Waals surface area contributed by atoms with Gasteiger partial charge in [-0.2, -0.15) is 26.3 Å². The van der Waals surface area contributed by atoms with Crippen LogP contribution in [-0.4, -0.2) is 32.0 Å². The first-order valence-corrected chi connectivity index (χ1v) is 23.5. The second-order valence-corrected chi connectivity index (χ2v) is 18.2. The normalized spacial score (nSPS) is 15.3. The van der Waals surface area contributed by atoms with E-state index in [9.17, 15) is 0 Å². The van der Waals surface area contributed by atoms with Crippen molar-refractivity contribution in [3.05, 3.63) is 228 Å². The average molecular weight is 961 g/mol. The minimum atomic E-state index is -5.80. The fourth-order valence-electron chi connectivity index (χ4n) is 8.10. The Hall–Kier alpha value is -7.40. The molecule has 0 spiro atoms. The molecule has 0 amide bonds. The number of hydrogen-bond acceptors (Lipinski definition) is 4. The maximum atomic E-state index is 16.9. The van der Waals surface area contributed by atoms with Gasteiger partial charge < -0.3 is 9.47 Å². The highest BCUT2D eigenvalue weighted by atomic mass is 32.1. The Morgan fingerprint density at radius 1 is 0.377 bits per heavy atom. The van der Waals surface area contributed by atoms with Crippen LogP contribution in [0.15, 0.2) is 194 Å². The second kappa shape index (κ2) is 19.7. The van der Waals surface area contributed by atoms with E-state index in [1.807, 2.05) is 134 Å². The fourth-order valence-corrected chi connectivity index (χ4v) is 10.4. The number of methoxy groups -OCH3 is 2. The smallest absolute Gasteiger partial charge is 0.380 e. The number of halogens is 6.